The third-order valence-corrected chi connectivity index (χ3v) is 5.98. The second-order valence-electron chi connectivity index (χ2n) is 7.87. The molecule has 0 aliphatic carbocycles. The average Bonchev–Trinajstić information content (AvgIpc) is 2.89. The summed E-state index contributed by atoms with van der Waals surface area (Å²) in [5.74, 6) is 3.51. The van der Waals surface area contributed by atoms with Crippen molar-refractivity contribution in [3.05, 3.63) is 64.2 Å². The lowest BCUT2D eigenvalue weighted by molar-refractivity contribution is -0.366. The lowest BCUT2D eigenvalue weighted by Gasteiger charge is -2.47. The van der Waals surface area contributed by atoms with Crippen LogP contribution in [-0.4, -0.2) is 88.6 Å². The van der Waals surface area contributed by atoms with Crippen molar-refractivity contribution in [2.75, 3.05) is 33.5 Å². The summed E-state index contributed by atoms with van der Waals surface area (Å²) in [6.07, 6.45) is -5.23. The number of hydrogen-bond acceptors (Lipinski definition) is 9. The normalized spacial score (nSPS) is 25.2. The number of ether oxygens (including phenoxy) is 3. The van der Waals surface area contributed by atoms with Gasteiger partial charge in [0.25, 0.3) is 0 Å². The summed E-state index contributed by atoms with van der Waals surface area (Å²) in [6.45, 7) is 1.62. The molecule has 198 valence electrons. The van der Waals surface area contributed by atoms with Crippen molar-refractivity contribution in [3.8, 4) is 17.6 Å². The van der Waals surface area contributed by atoms with E-state index in [9.17, 15) is 20.4 Å². The summed E-state index contributed by atoms with van der Waals surface area (Å²) in [5, 5.41) is 56.9. The summed E-state index contributed by atoms with van der Waals surface area (Å²) in [5.41, 5.74) is 2.16. The highest BCUT2D eigenvalue weighted by Crippen LogP contribution is 2.40. The Bertz CT molecular complexity index is 995. The number of methoxy groups -OCH3 is 1. The SMILES string of the molecule is CCOc1ccc(Cc2cc(C3(OC)O[C@H](CO)[C@@H](O)[C@H](O)[C@H]3O)ccc2Cl)cc1.OCC#CCO. The highest BCUT2D eigenvalue weighted by Gasteiger charge is 2.55. The summed E-state index contributed by atoms with van der Waals surface area (Å²) in [4.78, 5) is 0. The molecule has 2 aromatic carbocycles. The topological polar surface area (TPSA) is 149 Å². The van der Waals surface area contributed by atoms with Crippen molar-refractivity contribution in [1.29, 1.82) is 0 Å². The summed E-state index contributed by atoms with van der Waals surface area (Å²) >= 11 is 6.40. The maximum atomic E-state index is 10.7. The van der Waals surface area contributed by atoms with Crippen molar-refractivity contribution in [1.82, 2.24) is 0 Å². The van der Waals surface area contributed by atoms with Crippen LogP contribution in [0.2, 0.25) is 5.02 Å². The van der Waals surface area contributed by atoms with Gasteiger partial charge < -0.3 is 44.8 Å². The standard InChI is InChI=1S/C22H27ClO7.C4H6O2/c1-3-29-16-7-4-13(5-8-16)10-14-11-15(6-9-17(14)23)22(28-2)21(27)20(26)19(25)18(12-24)30-22;5-3-1-2-4-6/h4-9,11,18-21,24-27H,3,10,12H2,1-2H3;5-6H,3-4H2/t18-,19-,20+,21-,22?;/m1./s1. The van der Waals surface area contributed by atoms with Gasteiger partial charge in [-0.15, -0.1) is 0 Å². The predicted octanol–water partition coefficient (Wildman–Crippen LogP) is 0.577. The van der Waals surface area contributed by atoms with Crippen LogP contribution < -0.4 is 4.74 Å². The monoisotopic (exact) mass is 524 g/mol. The van der Waals surface area contributed by atoms with Gasteiger partial charge in [0.1, 0.15) is 43.4 Å². The number of aliphatic hydroxyl groups excluding tert-OH is 6. The molecule has 0 bridgehead atoms. The van der Waals surface area contributed by atoms with Crippen molar-refractivity contribution in [2.45, 2.75) is 43.5 Å². The molecule has 1 heterocycles. The molecule has 1 aliphatic heterocycles. The molecule has 1 fully saturated rings. The summed E-state index contributed by atoms with van der Waals surface area (Å²) in [7, 11) is 1.32. The Morgan fingerprint density at radius 1 is 0.972 bits per heavy atom. The van der Waals surface area contributed by atoms with Crippen LogP contribution in [0.15, 0.2) is 42.5 Å². The van der Waals surface area contributed by atoms with Gasteiger partial charge >= 0.3 is 0 Å². The zero-order valence-electron chi connectivity index (χ0n) is 20.2. The molecule has 0 radical (unpaired) electrons. The molecule has 1 saturated heterocycles. The average molecular weight is 525 g/mol. The number of rotatable bonds is 7. The van der Waals surface area contributed by atoms with E-state index in [-0.39, 0.29) is 13.2 Å². The Hall–Kier alpha value is -2.23. The lowest BCUT2D eigenvalue weighted by atomic mass is 9.87. The van der Waals surface area contributed by atoms with Crippen molar-refractivity contribution >= 4 is 11.6 Å². The van der Waals surface area contributed by atoms with Gasteiger partial charge in [-0.2, -0.15) is 0 Å². The Kier molecular flexibility index (Phi) is 12.1. The molecular weight excluding hydrogens is 492 g/mol. The zero-order chi connectivity index (χ0) is 26.7. The maximum Gasteiger partial charge on any atom is 0.224 e. The van der Waals surface area contributed by atoms with E-state index in [2.05, 4.69) is 11.8 Å². The van der Waals surface area contributed by atoms with Crippen LogP contribution in [0.25, 0.3) is 0 Å². The van der Waals surface area contributed by atoms with Gasteiger partial charge in [-0.05, 0) is 48.7 Å². The fourth-order valence-corrected chi connectivity index (χ4v) is 3.98. The third kappa shape index (κ3) is 7.17. The van der Waals surface area contributed by atoms with Crippen LogP contribution in [0.4, 0.5) is 0 Å². The van der Waals surface area contributed by atoms with Gasteiger partial charge in [0.05, 0.1) is 13.2 Å². The highest BCUT2D eigenvalue weighted by atomic mass is 35.5. The molecule has 6 N–H and O–H groups in total. The molecule has 1 unspecified atom stereocenters. The second kappa shape index (κ2) is 14.5. The Morgan fingerprint density at radius 2 is 1.61 bits per heavy atom. The van der Waals surface area contributed by atoms with E-state index in [1.807, 2.05) is 31.2 Å². The van der Waals surface area contributed by atoms with Crippen LogP contribution >= 0.6 is 11.6 Å². The largest absolute Gasteiger partial charge is 0.494 e. The van der Waals surface area contributed by atoms with Crippen LogP contribution in [-0.2, 0) is 21.7 Å². The minimum Gasteiger partial charge on any atom is -0.494 e. The minimum absolute atomic E-state index is 0.166. The van der Waals surface area contributed by atoms with Crippen molar-refractivity contribution < 1.29 is 44.8 Å². The van der Waals surface area contributed by atoms with E-state index in [4.69, 9.17) is 36.0 Å². The summed E-state index contributed by atoms with van der Waals surface area (Å²) < 4.78 is 16.7. The van der Waals surface area contributed by atoms with Crippen LogP contribution in [0.3, 0.4) is 0 Å². The van der Waals surface area contributed by atoms with E-state index >= 15 is 0 Å². The zero-order valence-corrected chi connectivity index (χ0v) is 20.9. The fourth-order valence-electron chi connectivity index (χ4n) is 3.80. The molecule has 3 rings (SSSR count). The predicted molar refractivity (Wildman–Crippen MR) is 132 cm³/mol. The Morgan fingerprint density at radius 3 is 2.14 bits per heavy atom. The fraction of sp³-hybridized carbons (Fsp3) is 0.462. The number of aliphatic hydroxyl groups is 6. The highest BCUT2D eigenvalue weighted by molar-refractivity contribution is 6.31. The third-order valence-electron chi connectivity index (χ3n) is 5.61. The second-order valence-corrected chi connectivity index (χ2v) is 8.27. The molecule has 9 nitrogen and oxygen atoms in total. The lowest BCUT2D eigenvalue weighted by Crippen LogP contribution is -2.64. The van der Waals surface area contributed by atoms with Crippen molar-refractivity contribution in [3.63, 3.8) is 0 Å². The Balaban J connectivity index is 0.000000678. The van der Waals surface area contributed by atoms with Gasteiger partial charge in [-0.1, -0.05) is 41.6 Å². The molecule has 2 aromatic rings. The van der Waals surface area contributed by atoms with Gasteiger partial charge in [-0.25, -0.2) is 0 Å². The molecule has 0 spiro atoms. The number of hydrogen-bond donors (Lipinski definition) is 6. The van der Waals surface area contributed by atoms with E-state index in [0.29, 0.717) is 23.6 Å². The molecule has 0 aromatic heterocycles. The first-order valence-electron chi connectivity index (χ1n) is 11.3. The van der Waals surface area contributed by atoms with Crippen molar-refractivity contribution in [2.24, 2.45) is 0 Å². The van der Waals surface area contributed by atoms with E-state index in [0.717, 1.165) is 16.9 Å². The summed E-state index contributed by atoms with van der Waals surface area (Å²) in [6, 6.07) is 12.6. The first kappa shape index (κ1) is 30.0. The van der Waals surface area contributed by atoms with E-state index in [1.165, 1.54) is 7.11 Å². The quantitative estimate of drug-likeness (QED) is 0.286. The molecule has 0 saturated carbocycles. The maximum absolute atomic E-state index is 10.7. The molecular formula is C26H33ClO9. The minimum atomic E-state index is -1.77. The number of halogens is 1. The van der Waals surface area contributed by atoms with Crippen LogP contribution in [0, 0.1) is 11.8 Å². The molecule has 10 heteroatoms. The molecule has 5 atom stereocenters. The van der Waals surface area contributed by atoms with Gasteiger partial charge in [0.2, 0.25) is 5.79 Å². The van der Waals surface area contributed by atoms with Crippen LogP contribution in [0.5, 0.6) is 5.75 Å². The van der Waals surface area contributed by atoms with Gasteiger partial charge in [-0.3, -0.25) is 0 Å². The first-order valence-corrected chi connectivity index (χ1v) is 11.7. The smallest absolute Gasteiger partial charge is 0.224 e. The molecule has 0 amide bonds. The van der Waals surface area contributed by atoms with Gasteiger partial charge in [0.15, 0.2) is 0 Å². The van der Waals surface area contributed by atoms with Gasteiger partial charge in [0, 0.05) is 17.7 Å². The van der Waals surface area contributed by atoms with Crippen LogP contribution in [0.1, 0.15) is 23.6 Å². The van der Waals surface area contributed by atoms with E-state index in [1.54, 1.807) is 18.2 Å². The van der Waals surface area contributed by atoms with E-state index < -0.39 is 36.8 Å². The molecule has 1 aliphatic rings. The Labute approximate surface area is 215 Å². The number of benzene rings is 2. The first-order chi connectivity index (χ1) is 17.3. The molecule has 36 heavy (non-hydrogen) atoms.